The van der Waals surface area contributed by atoms with Crippen LogP contribution in [0.1, 0.15) is 16.7 Å². The van der Waals surface area contributed by atoms with Gasteiger partial charge in [0.25, 0.3) is 10.0 Å². The van der Waals surface area contributed by atoms with E-state index in [1.807, 2.05) is 19.9 Å². The van der Waals surface area contributed by atoms with Crippen molar-refractivity contribution in [1.82, 2.24) is 5.32 Å². The standard InChI is InChI=1S/C26H27N3O5S2/c1-17-5-8-21(15-18(17)2)29-36(31,32)22-11-9-20(10-12-22)27-26(35)28-25(30)14-7-19-6-13-23(33-3)24(16-19)34-4/h5-16,29H,1-4H3,(H2,27,28,30,35). The van der Waals surface area contributed by atoms with Gasteiger partial charge in [0.2, 0.25) is 5.91 Å². The van der Waals surface area contributed by atoms with Crippen LogP contribution in [0, 0.1) is 13.8 Å². The van der Waals surface area contributed by atoms with Crippen LogP contribution in [0.25, 0.3) is 6.08 Å². The number of carbonyl (C=O) groups excluding carboxylic acids is 1. The van der Waals surface area contributed by atoms with Gasteiger partial charge in [-0.1, -0.05) is 12.1 Å². The van der Waals surface area contributed by atoms with Gasteiger partial charge in [-0.15, -0.1) is 0 Å². The molecule has 0 aliphatic carbocycles. The van der Waals surface area contributed by atoms with Crippen molar-refractivity contribution in [3.05, 3.63) is 83.4 Å². The first-order chi connectivity index (χ1) is 17.1. The van der Waals surface area contributed by atoms with Crippen molar-refractivity contribution < 1.29 is 22.7 Å². The number of benzene rings is 3. The number of sulfonamides is 1. The second-order valence-electron chi connectivity index (χ2n) is 7.82. The Morgan fingerprint density at radius 3 is 2.17 bits per heavy atom. The van der Waals surface area contributed by atoms with Crippen molar-refractivity contribution in [1.29, 1.82) is 0 Å². The number of amides is 1. The third-order valence-corrected chi connectivity index (χ3v) is 6.85. The predicted octanol–water partition coefficient (Wildman–Crippen LogP) is 4.65. The number of methoxy groups -OCH3 is 2. The SMILES string of the molecule is COc1ccc(C=CC(=O)NC(=S)Nc2ccc(S(=O)(=O)Nc3ccc(C)c(C)c3)cc2)cc1OC. The molecule has 10 heteroatoms. The molecule has 0 aliphatic rings. The number of hydrogen-bond donors (Lipinski definition) is 3. The van der Waals surface area contributed by atoms with Gasteiger partial charge in [-0.25, -0.2) is 8.42 Å². The summed E-state index contributed by atoms with van der Waals surface area (Å²) in [4.78, 5) is 12.3. The third kappa shape index (κ3) is 7.06. The maximum Gasteiger partial charge on any atom is 0.261 e. The number of hydrogen-bond acceptors (Lipinski definition) is 6. The second kappa shape index (κ2) is 11.7. The molecule has 188 valence electrons. The molecule has 3 rings (SSSR count). The van der Waals surface area contributed by atoms with Gasteiger partial charge in [0, 0.05) is 17.5 Å². The fourth-order valence-corrected chi connectivity index (χ4v) is 4.45. The molecule has 1 amide bonds. The number of carbonyl (C=O) groups is 1. The molecule has 36 heavy (non-hydrogen) atoms. The van der Waals surface area contributed by atoms with Crippen molar-refractivity contribution >= 4 is 50.7 Å². The normalized spacial score (nSPS) is 11.1. The van der Waals surface area contributed by atoms with Gasteiger partial charge >= 0.3 is 0 Å². The Morgan fingerprint density at radius 2 is 1.53 bits per heavy atom. The van der Waals surface area contributed by atoms with Crippen LogP contribution in [-0.2, 0) is 14.8 Å². The average molecular weight is 526 g/mol. The zero-order valence-corrected chi connectivity index (χ0v) is 21.9. The van der Waals surface area contributed by atoms with Crippen molar-refractivity contribution in [2.75, 3.05) is 24.3 Å². The lowest BCUT2D eigenvalue weighted by Gasteiger charge is -2.11. The Bertz CT molecular complexity index is 1400. The van der Waals surface area contributed by atoms with Gasteiger partial charge in [0.15, 0.2) is 16.6 Å². The first-order valence-electron chi connectivity index (χ1n) is 10.8. The zero-order chi connectivity index (χ0) is 26.3. The van der Waals surface area contributed by atoms with E-state index in [0.717, 1.165) is 16.7 Å². The van der Waals surface area contributed by atoms with Gasteiger partial charge in [0.05, 0.1) is 19.1 Å². The van der Waals surface area contributed by atoms with Gasteiger partial charge in [-0.05, 0) is 97.4 Å². The van der Waals surface area contributed by atoms with Crippen LogP contribution in [-0.4, -0.2) is 33.7 Å². The van der Waals surface area contributed by atoms with Crippen LogP contribution in [0.2, 0.25) is 0 Å². The summed E-state index contributed by atoms with van der Waals surface area (Å²) in [7, 11) is -0.678. The van der Waals surface area contributed by atoms with Crippen molar-refractivity contribution in [2.24, 2.45) is 0 Å². The first kappa shape index (κ1) is 26.7. The molecule has 0 aliphatic heterocycles. The minimum atomic E-state index is -3.76. The van der Waals surface area contributed by atoms with Crippen molar-refractivity contribution in [3.8, 4) is 11.5 Å². The lowest BCUT2D eigenvalue weighted by Crippen LogP contribution is -2.32. The van der Waals surface area contributed by atoms with Gasteiger partial charge in [0.1, 0.15) is 0 Å². The lowest BCUT2D eigenvalue weighted by molar-refractivity contribution is -0.115. The topological polar surface area (TPSA) is 106 Å². The fourth-order valence-electron chi connectivity index (χ4n) is 3.18. The van der Waals surface area contributed by atoms with E-state index in [1.165, 1.54) is 25.3 Å². The summed E-state index contributed by atoms with van der Waals surface area (Å²) < 4.78 is 38.4. The molecular weight excluding hydrogens is 498 g/mol. The Hall–Kier alpha value is -3.89. The van der Waals surface area contributed by atoms with E-state index in [2.05, 4.69) is 15.4 Å². The highest BCUT2D eigenvalue weighted by molar-refractivity contribution is 7.92. The van der Waals surface area contributed by atoms with E-state index in [4.69, 9.17) is 21.7 Å². The molecule has 0 unspecified atom stereocenters. The van der Waals surface area contributed by atoms with Crippen LogP contribution >= 0.6 is 12.2 Å². The highest BCUT2D eigenvalue weighted by Gasteiger charge is 2.14. The molecule has 0 fully saturated rings. The Morgan fingerprint density at radius 1 is 0.861 bits per heavy atom. The highest BCUT2D eigenvalue weighted by Crippen LogP contribution is 2.28. The largest absolute Gasteiger partial charge is 0.493 e. The third-order valence-electron chi connectivity index (χ3n) is 5.25. The quantitative estimate of drug-likeness (QED) is 0.290. The number of anilines is 2. The molecule has 0 radical (unpaired) electrons. The molecule has 0 saturated carbocycles. The van der Waals surface area contributed by atoms with Crippen LogP contribution in [0.4, 0.5) is 11.4 Å². The van der Waals surface area contributed by atoms with Gasteiger partial charge < -0.3 is 14.8 Å². The van der Waals surface area contributed by atoms with Crippen LogP contribution in [0.3, 0.4) is 0 Å². The van der Waals surface area contributed by atoms with Crippen LogP contribution in [0.15, 0.2) is 71.6 Å². The highest BCUT2D eigenvalue weighted by atomic mass is 32.2. The molecule has 3 N–H and O–H groups in total. The number of rotatable bonds is 8. The number of thiocarbonyl (C=S) groups is 1. The van der Waals surface area contributed by atoms with E-state index in [-0.39, 0.29) is 10.0 Å². The lowest BCUT2D eigenvalue weighted by atomic mass is 10.1. The van der Waals surface area contributed by atoms with Crippen molar-refractivity contribution in [3.63, 3.8) is 0 Å². The van der Waals surface area contributed by atoms with Crippen LogP contribution in [0.5, 0.6) is 11.5 Å². The molecule has 0 heterocycles. The molecule has 0 atom stereocenters. The molecule has 3 aromatic rings. The van der Waals surface area contributed by atoms with E-state index in [0.29, 0.717) is 22.9 Å². The number of nitrogens with one attached hydrogen (secondary N) is 3. The molecule has 3 aromatic carbocycles. The van der Waals surface area contributed by atoms with E-state index < -0.39 is 15.9 Å². The van der Waals surface area contributed by atoms with Crippen molar-refractivity contribution in [2.45, 2.75) is 18.7 Å². The molecule has 0 spiro atoms. The molecule has 0 bridgehead atoms. The second-order valence-corrected chi connectivity index (χ2v) is 9.91. The summed E-state index contributed by atoms with van der Waals surface area (Å²) in [5.41, 5.74) is 3.82. The summed E-state index contributed by atoms with van der Waals surface area (Å²) in [5.74, 6) is 0.704. The average Bonchev–Trinajstić information content (AvgIpc) is 2.84. The zero-order valence-electron chi connectivity index (χ0n) is 20.3. The van der Waals surface area contributed by atoms with E-state index in [1.54, 1.807) is 55.7 Å². The van der Waals surface area contributed by atoms with Gasteiger partial charge in [-0.3, -0.25) is 14.8 Å². The first-order valence-corrected chi connectivity index (χ1v) is 12.7. The Kier molecular flexibility index (Phi) is 8.68. The number of aryl methyl sites for hydroxylation is 2. The molecule has 0 aromatic heterocycles. The molecular formula is C26H27N3O5S2. The Balaban J connectivity index is 1.58. The van der Waals surface area contributed by atoms with E-state index in [9.17, 15) is 13.2 Å². The monoisotopic (exact) mass is 525 g/mol. The van der Waals surface area contributed by atoms with Gasteiger partial charge in [-0.2, -0.15) is 0 Å². The summed E-state index contributed by atoms with van der Waals surface area (Å²) >= 11 is 5.19. The minimum absolute atomic E-state index is 0.0702. The maximum atomic E-state index is 12.7. The Labute approximate surface area is 216 Å². The summed E-state index contributed by atoms with van der Waals surface area (Å²) in [6.45, 7) is 3.88. The summed E-state index contributed by atoms with van der Waals surface area (Å²) in [6.07, 6.45) is 2.95. The molecule has 0 saturated heterocycles. The van der Waals surface area contributed by atoms with Crippen LogP contribution < -0.4 is 24.8 Å². The fraction of sp³-hybridized carbons (Fsp3) is 0.154. The smallest absolute Gasteiger partial charge is 0.261 e. The minimum Gasteiger partial charge on any atom is -0.493 e. The number of ether oxygens (including phenoxy) is 2. The summed E-state index contributed by atoms with van der Waals surface area (Å²) in [6, 6.07) is 16.7. The maximum absolute atomic E-state index is 12.7. The van der Waals surface area contributed by atoms with E-state index >= 15 is 0 Å². The molecule has 8 nitrogen and oxygen atoms in total. The summed E-state index contributed by atoms with van der Waals surface area (Å²) in [5, 5.41) is 5.48. The predicted molar refractivity (Wildman–Crippen MR) is 146 cm³/mol.